The lowest BCUT2D eigenvalue weighted by atomic mass is 9.89. The van der Waals surface area contributed by atoms with Crippen molar-refractivity contribution in [2.24, 2.45) is 0 Å². The van der Waals surface area contributed by atoms with Gasteiger partial charge in [-0.2, -0.15) is 0 Å². The van der Waals surface area contributed by atoms with E-state index < -0.39 is 0 Å². The molecule has 0 N–H and O–H groups in total. The Labute approximate surface area is 137 Å². The summed E-state index contributed by atoms with van der Waals surface area (Å²) in [4.78, 5) is 1.35. The second kappa shape index (κ2) is 7.86. The predicted octanol–water partition coefficient (Wildman–Crippen LogP) is 6.00. The van der Waals surface area contributed by atoms with Crippen LogP contribution in [0.15, 0.2) is 95.9 Å². The minimum absolute atomic E-state index is 0.471. The van der Waals surface area contributed by atoms with E-state index in [0.29, 0.717) is 5.92 Å². The molecule has 3 rings (SSSR count). The quantitative estimate of drug-likeness (QED) is 0.503. The van der Waals surface area contributed by atoms with Gasteiger partial charge in [0.1, 0.15) is 0 Å². The monoisotopic (exact) mass is 304 g/mol. The Hall–Kier alpha value is -1.99. The van der Waals surface area contributed by atoms with Crippen molar-refractivity contribution in [3.8, 4) is 0 Å². The molecule has 22 heavy (non-hydrogen) atoms. The van der Waals surface area contributed by atoms with Crippen LogP contribution >= 0.6 is 11.8 Å². The zero-order valence-electron chi connectivity index (χ0n) is 12.6. The van der Waals surface area contributed by atoms with Crippen molar-refractivity contribution in [3.05, 3.63) is 102 Å². The molecule has 0 unspecified atom stereocenters. The topological polar surface area (TPSA) is 0 Å². The maximum atomic E-state index is 2.24. The van der Waals surface area contributed by atoms with E-state index in [1.807, 2.05) is 11.8 Å². The van der Waals surface area contributed by atoms with Gasteiger partial charge in [-0.05, 0) is 35.4 Å². The lowest BCUT2D eigenvalue weighted by Gasteiger charge is -2.18. The van der Waals surface area contributed by atoms with Gasteiger partial charge in [-0.15, -0.1) is 11.8 Å². The van der Waals surface area contributed by atoms with E-state index in [4.69, 9.17) is 0 Å². The summed E-state index contributed by atoms with van der Waals surface area (Å²) >= 11 is 1.94. The van der Waals surface area contributed by atoms with Crippen molar-refractivity contribution in [1.82, 2.24) is 0 Å². The van der Waals surface area contributed by atoms with Crippen LogP contribution in [0.5, 0.6) is 0 Å². The average molecular weight is 304 g/mol. The number of hydrogen-bond donors (Lipinski definition) is 0. The minimum Gasteiger partial charge on any atom is -0.126 e. The molecular weight excluding hydrogens is 284 g/mol. The zero-order chi connectivity index (χ0) is 15.0. The normalized spacial score (nSPS) is 10.8. The molecule has 0 amide bonds. The lowest BCUT2D eigenvalue weighted by molar-refractivity contribution is 0.785. The molecule has 3 aromatic carbocycles. The summed E-state index contributed by atoms with van der Waals surface area (Å²) in [6.45, 7) is 0. The molecule has 0 aliphatic rings. The van der Waals surface area contributed by atoms with Gasteiger partial charge in [0.05, 0.1) is 0 Å². The Kier molecular flexibility index (Phi) is 5.33. The summed E-state index contributed by atoms with van der Waals surface area (Å²) in [5.41, 5.74) is 2.81. The van der Waals surface area contributed by atoms with Crippen molar-refractivity contribution >= 4 is 11.8 Å². The van der Waals surface area contributed by atoms with E-state index in [1.165, 1.54) is 16.0 Å². The molecule has 1 heteroatoms. The minimum atomic E-state index is 0.471. The van der Waals surface area contributed by atoms with Gasteiger partial charge in [0.2, 0.25) is 0 Å². The molecule has 0 bridgehead atoms. The average Bonchev–Trinajstić information content (AvgIpc) is 2.61. The van der Waals surface area contributed by atoms with Gasteiger partial charge in [0, 0.05) is 10.8 Å². The second-order valence-corrected chi connectivity index (χ2v) is 6.49. The van der Waals surface area contributed by atoms with Crippen LogP contribution in [0.3, 0.4) is 0 Å². The van der Waals surface area contributed by atoms with Gasteiger partial charge in [-0.25, -0.2) is 0 Å². The van der Waals surface area contributed by atoms with Crippen molar-refractivity contribution in [1.29, 1.82) is 0 Å². The van der Waals surface area contributed by atoms with E-state index in [2.05, 4.69) is 91.0 Å². The van der Waals surface area contributed by atoms with Crippen LogP contribution in [-0.2, 0) is 0 Å². The van der Waals surface area contributed by atoms with Crippen LogP contribution in [0.4, 0.5) is 0 Å². The summed E-state index contributed by atoms with van der Waals surface area (Å²) in [5.74, 6) is 1.59. The van der Waals surface area contributed by atoms with Gasteiger partial charge < -0.3 is 0 Å². The highest BCUT2D eigenvalue weighted by Crippen LogP contribution is 2.30. The van der Waals surface area contributed by atoms with Crippen LogP contribution in [0.1, 0.15) is 23.5 Å². The molecular formula is C21H20S. The van der Waals surface area contributed by atoms with Gasteiger partial charge in [-0.1, -0.05) is 78.9 Å². The first-order valence-electron chi connectivity index (χ1n) is 7.71. The third kappa shape index (κ3) is 4.02. The van der Waals surface area contributed by atoms with Gasteiger partial charge in [0.25, 0.3) is 0 Å². The highest BCUT2D eigenvalue weighted by atomic mass is 32.2. The molecule has 0 spiro atoms. The predicted molar refractivity (Wildman–Crippen MR) is 96.5 cm³/mol. The van der Waals surface area contributed by atoms with Crippen molar-refractivity contribution in [2.45, 2.75) is 17.2 Å². The lowest BCUT2D eigenvalue weighted by Crippen LogP contribution is -2.02. The number of benzene rings is 3. The van der Waals surface area contributed by atoms with E-state index in [0.717, 1.165) is 12.2 Å². The first-order chi connectivity index (χ1) is 10.9. The van der Waals surface area contributed by atoms with Crippen LogP contribution in [-0.4, -0.2) is 5.75 Å². The zero-order valence-corrected chi connectivity index (χ0v) is 13.4. The molecule has 0 atom stereocenters. The van der Waals surface area contributed by atoms with E-state index in [-0.39, 0.29) is 0 Å². The first kappa shape index (κ1) is 14.9. The molecule has 0 fully saturated rings. The largest absolute Gasteiger partial charge is 0.126 e. The third-order valence-corrected chi connectivity index (χ3v) is 4.87. The molecule has 3 aromatic rings. The maximum Gasteiger partial charge on any atom is 0.00973 e. The Morgan fingerprint density at radius 1 is 0.591 bits per heavy atom. The summed E-state index contributed by atoms with van der Waals surface area (Å²) in [5, 5.41) is 0. The molecule has 0 aromatic heterocycles. The maximum absolute atomic E-state index is 2.24. The highest BCUT2D eigenvalue weighted by Gasteiger charge is 2.13. The first-order valence-corrected chi connectivity index (χ1v) is 8.70. The molecule has 0 saturated heterocycles. The summed E-state index contributed by atoms with van der Waals surface area (Å²) in [6.07, 6.45) is 1.15. The molecule has 110 valence electrons. The number of rotatable bonds is 6. The van der Waals surface area contributed by atoms with Gasteiger partial charge >= 0.3 is 0 Å². The fourth-order valence-corrected chi connectivity index (χ4v) is 3.65. The molecule has 0 radical (unpaired) electrons. The van der Waals surface area contributed by atoms with E-state index in [9.17, 15) is 0 Å². The fourth-order valence-electron chi connectivity index (χ4n) is 2.71. The molecule has 0 heterocycles. The highest BCUT2D eigenvalue weighted by molar-refractivity contribution is 7.99. The van der Waals surface area contributed by atoms with E-state index in [1.54, 1.807) is 0 Å². The Morgan fingerprint density at radius 2 is 1.05 bits per heavy atom. The third-order valence-electron chi connectivity index (χ3n) is 3.82. The van der Waals surface area contributed by atoms with Gasteiger partial charge in [0.15, 0.2) is 0 Å². The molecule has 0 nitrogen and oxygen atoms in total. The van der Waals surface area contributed by atoms with Crippen molar-refractivity contribution in [2.75, 3.05) is 5.75 Å². The van der Waals surface area contributed by atoms with Crippen molar-refractivity contribution < 1.29 is 0 Å². The Morgan fingerprint density at radius 3 is 1.55 bits per heavy atom. The fraction of sp³-hybridized carbons (Fsp3) is 0.143. The van der Waals surface area contributed by atoms with E-state index >= 15 is 0 Å². The van der Waals surface area contributed by atoms with Gasteiger partial charge in [-0.3, -0.25) is 0 Å². The van der Waals surface area contributed by atoms with Crippen LogP contribution in [0.25, 0.3) is 0 Å². The standard InChI is InChI=1S/C21H20S/c1-4-10-18(11-5-1)21(19-12-6-2-7-13-19)16-17-22-20-14-8-3-9-15-20/h1-15,21H,16-17H2. The summed E-state index contributed by atoms with van der Waals surface area (Å²) < 4.78 is 0. The van der Waals surface area contributed by atoms with Crippen LogP contribution in [0, 0.1) is 0 Å². The Balaban J connectivity index is 1.72. The Bertz CT molecular complexity index is 623. The summed E-state index contributed by atoms with van der Waals surface area (Å²) in [6, 6.07) is 32.3. The number of thioether (sulfide) groups is 1. The van der Waals surface area contributed by atoms with Crippen molar-refractivity contribution in [3.63, 3.8) is 0 Å². The summed E-state index contributed by atoms with van der Waals surface area (Å²) in [7, 11) is 0. The van der Waals surface area contributed by atoms with Crippen LogP contribution in [0.2, 0.25) is 0 Å². The molecule has 0 aliphatic heterocycles. The molecule has 0 saturated carbocycles. The SMILES string of the molecule is c1ccc(SCCC(c2ccccc2)c2ccccc2)cc1. The smallest absolute Gasteiger partial charge is 0.00973 e. The second-order valence-electron chi connectivity index (χ2n) is 5.32. The van der Waals surface area contributed by atoms with Crippen LogP contribution < -0.4 is 0 Å². The molecule has 0 aliphatic carbocycles. The number of hydrogen-bond acceptors (Lipinski definition) is 1.